The van der Waals surface area contributed by atoms with E-state index >= 15 is 0 Å². The van der Waals surface area contributed by atoms with Crippen LogP contribution in [0.1, 0.15) is 27.2 Å². The van der Waals surface area contributed by atoms with Gasteiger partial charge in [0.15, 0.2) is 0 Å². The highest BCUT2D eigenvalue weighted by molar-refractivity contribution is 6.30. The molecule has 32 heavy (non-hydrogen) atoms. The predicted molar refractivity (Wildman–Crippen MR) is 129 cm³/mol. The Hall–Kier alpha value is -2.35. The van der Waals surface area contributed by atoms with Crippen LogP contribution in [0.4, 0.5) is 11.5 Å². The Kier molecular flexibility index (Phi) is 8.34. The smallest absolute Gasteiger partial charge is 0.229 e. The zero-order chi connectivity index (χ0) is 23.1. The summed E-state index contributed by atoms with van der Waals surface area (Å²) in [6.07, 6.45) is 2.12. The van der Waals surface area contributed by atoms with Crippen molar-refractivity contribution in [1.29, 1.82) is 0 Å². The van der Waals surface area contributed by atoms with Crippen LogP contribution in [0.3, 0.4) is 0 Å². The normalized spacial score (nSPS) is 16.3. The molecule has 1 unspecified atom stereocenters. The number of hydrogen-bond donors (Lipinski definition) is 2. The Balaban J connectivity index is 1.46. The Labute approximate surface area is 195 Å². The second-order valence-corrected chi connectivity index (χ2v) is 9.61. The third-order valence-electron chi connectivity index (χ3n) is 5.32. The Morgan fingerprint density at radius 3 is 2.56 bits per heavy atom. The van der Waals surface area contributed by atoms with Gasteiger partial charge in [0.05, 0.1) is 11.9 Å². The van der Waals surface area contributed by atoms with Crippen LogP contribution >= 0.6 is 11.6 Å². The summed E-state index contributed by atoms with van der Waals surface area (Å²) >= 11 is 5.88. The fraction of sp³-hybridized carbons (Fsp3) is 0.500. The van der Waals surface area contributed by atoms with Gasteiger partial charge in [0.1, 0.15) is 24.3 Å². The molecular weight excluding hydrogens is 428 g/mol. The van der Waals surface area contributed by atoms with Gasteiger partial charge < -0.3 is 20.1 Å². The zero-order valence-corrected chi connectivity index (χ0v) is 19.8. The van der Waals surface area contributed by atoms with Crippen molar-refractivity contribution in [3.8, 4) is 5.75 Å². The molecule has 7 nitrogen and oxygen atoms in total. The maximum Gasteiger partial charge on any atom is 0.229 e. The molecule has 1 saturated heterocycles. The summed E-state index contributed by atoms with van der Waals surface area (Å²) in [7, 11) is 0. The Bertz CT molecular complexity index is 868. The van der Waals surface area contributed by atoms with E-state index < -0.39 is 11.5 Å². The molecule has 0 aliphatic carbocycles. The molecule has 1 atom stereocenters. The number of halogens is 1. The van der Waals surface area contributed by atoms with E-state index in [0.29, 0.717) is 23.0 Å². The van der Waals surface area contributed by atoms with Crippen molar-refractivity contribution in [1.82, 2.24) is 9.88 Å². The minimum absolute atomic E-state index is 0.0314. The van der Waals surface area contributed by atoms with Crippen molar-refractivity contribution in [3.63, 3.8) is 0 Å². The number of benzene rings is 1. The second-order valence-electron chi connectivity index (χ2n) is 9.17. The Morgan fingerprint density at radius 2 is 1.91 bits per heavy atom. The standard InChI is InChI=1S/C24H33ClN4O3/c1-24(2,3)23(31)27-19-7-10-22(26-15-19)29-12-4-11-28(13-14-29)16-20(30)17-32-21-8-5-18(25)6-9-21/h5-10,15,20,30H,4,11-14,16-17H2,1-3H3,(H,27,31). The van der Waals surface area contributed by atoms with E-state index in [1.54, 1.807) is 30.5 Å². The van der Waals surface area contributed by atoms with Crippen molar-refractivity contribution >= 4 is 29.0 Å². The van der Waals surface area contributed by atoms with E-state index in [2.05, 4.69) is 20.1 Å². The van der Waals surface area contributed by atoms with E-state index in [-0.39, 0.29) is 12.5 Å². The zero-order valence-electron chi connectivity index (χ0n) is 19.1. The lowest BCUT2D eigenvalue weighted by molar-refractivity contribution is -0.123. The number of aliphatic hydroxyl groups excluding tert-OH is 1. The molecule has 1 amide bonds. The molecule has 3 rings (SSSR count). The highest BCUT2D eigenvalue weighted by Crippen LogP contribution is 2.20. The average Bonchev–Trinajstić information content (AvgIpc) is 2.99. The van der Waals surface area contributed by atoms with E-state index in [4.69, 9.17) is 16.3 Å². The second kappa shape index (κ2) is 11.0. The molecule has 8 heteroatoms. The molecule has 0 radical (unpaired) electrons. The lowest BCUT2D eigenvalue weighted by atomic mass is 9.96. The maximum absolute atomic E-state index is 12.1. The number of hydrogen-bond acceptors (Lipinski definition) is 6. The van der Waals surface area contributed by atoms with Crippen LogP contribution in [-0.2, 0) is 4.79 Å². The van der Waals surface area contributed by atoms with E-state index in [1.165, 1.54) is 0 Å². The van der Waals surface area contributed by atoms with Gasteiger partial charge in [-0.25, -0.2) is 4.98 Å². The number of aliphatic hydroxyl groups is 1. The van der Waals surface area contributed by atoms with Crippen LogP contribution in [0.15, 0.2) is 42.6 Å². The fourth-order valence-electron chi connectivity index (χ4n) is 3.42. The molecule has 1 fully saturated rings. The molecule has 0 bridgehead atoms. The summed E-state index contributed by atoms with van der Waals surface area (Å²) < 4.78 is 5.66. The van der Waals surface area contributed by atoms with Crippen LogP contribution in [-0.4, -0.2) is 66.3 Å². The van der Waals surface area contributed by atoms with Gasteiger partial charge in [0, 0.05) is 36.6 Å². The molecule has 2 heterocycles. The molecule has 0 spiro atoms. The number of anilines is 2. The van der Waals surface area contributed by atoms with Crippen LogP contribution in [0, 0.1) is 5.41 Å². The Morgan fingerprint density at radius 1 is 1.16 bits per heavy atom. The molecule has 2 aromatic rings. The van der Waals surface area contributed by atoms with Crippen molar-refractivity contribution in [2.75, 3.05) is 49.5 Å². The molecule has 1 aromatic carbocycles. The first kappa shape index (κ1) is 24.3. The predicted octanol–water partition coefficient (Wildman–Crippen LogP) is 3.67. The van der Waals surface area contributed by atoms with E-state index in [1.807, 2.05) is 32.9 Å². The summed E-state index contributed by atoms with van der Waals surface area (Å²) in [5.74, 6) is 1.56. The lowest BCUT2D eigenvalue weighted by Gasteiger charge is -2.24. The first-order valence-corrected chi connectivity index (χ1v) is 11.4. The number of β-amino-alcohol motifs (C(OH)–C–C–N with tert-alkyl or cyclic N) is 1. The minimum atomic E-state index is -0.568. The van der Waals surface area contributed by atoms with Crippen molar-refractivity contribution in [2.24, 2.45) is 5.41 Å². The molecule has 174 valence electrons. The first-order chi connectivity index (χ1) is 15.2. The SMILES string of the molecule is CC(C)(C)C(=O)Nc1ccc(N2CCCN(CC(O)COc3ccc(Cl)cc3)CC2)nc1. The average molecular weight is 461 g/mol. The number of nitrogens with zero attached hydrogens (tertiary/aromatic N) is 3. The highest BCUT2D eigenvalue weighted by atomic mass is 35.5. The van der Waals surface area contributed by atoms with Crippen LogP contribution in [0.25, 0.3) is 0 Å². The largest absolute Gasteiger partial charge is 0.491 e. The maximum atomic E-state index is 12.1. The molecule has 0 saturated carbocycles. The number of rotatable bonds is 7. The molecule has 1 aromatic heterocycles. The lowest BCUT2D eigenvalue weighted by Crippen LogP contribution is -2.38. The van der Waals surface area contributed by atoms with Crippen molar-refractivity contribution in [2.45, 2.75) is 33.3 Å². The van der Waals surface area contributed by atoms with Gasteiger partial charge in [0.2, 0.25) is 5.91 Å². The summed E-state index contributed by atoms with van der Waals surface area (Å²) in [5.41, 5.74) is 0.256. The summed E-state index contributed by atoms with van der Waals surface area (Å²) in [5, 5.41) is 14.0. The van der Waals surface area contributed by atoms with Crippen molar-refractivity contribution in [3.05, 3.63) is 47.6 Å². The number of amides is 1. The summed E-state index contributed by atoms with van der Waals surface area (Å²) in [4.78, 5) is 21.2. The number of carbonyl (C=O) groups is 1. The van der Waals surface area contributed by atoms with Gasteiger partial charge in [-0.15, -0.1) is 0 Å². The molecule has 2 N–H and O–H groups in total. The van der Waals surface area contributed by atoms with Crippen LogP contribution in [0.2, 0.25) is 5.02 Å². The van der Waals surface area contributed by atoms with Gasteiger partial charge in [-0.1, -0.05) is 32.4 Å². The highest BCUT2D eigenvalue weighted by Gasteiger charge is 2.22. The van der Waals surface area contributed by atoms with Gasteiger partial charge in [-0.05, 0) is 49.4 Å². The monoisotopic (exact) mass is 460 g/mol. The van der Waals surface area contributed by atoms with Gasteiger partial charge in [-0.2, -0.15) is 0 Å². The molecule has 1 aliphatic heterocycles. The number of carbonyl (C=O) groups excluding carboxylic acids is 1. The van der Waals surface area contributed by atoms with Crippen LogP contribution < -0.4 is 15.0 Å². The summed E-state index contributed by atoms with van der Waals surface area (Å²) in [6.45, 7) is 9.92. The fourth-order valence-corrected chi connectivity index (χ4v) is 3.55. The minimum Gasteiger partial charge on any atom is -0.491 e. The van der Waals surface area contributed by atoms with E-state index in [9.17, 15) is 9.90 Å². The topological polar surface area (TPSA) is 77.9 Å². The van der Waals surface area contributed by atoms with Gasteiger partial charge in [-0.3, -0.25) is 9.69 Å². The van der Waals surface area contributed by atoms with Crippen LogP contribution in [0.5, 0.6) is 5.75 Å². The number of ether oxygens (including phenoxy) is 1. The quantitative estimate of drug-likeness (QED) is 0.656. The molecule has 1 aliphatic rings. The number of pyridine rings is 1. The first-order valence-electron chi connectivity index (χ1n) is 11.0. The third-order valence-corrected chi connectivity index (χ3v) is 5.58. The molecular formula is C24H33ClN4O3. The van der Waals surface area contributed by atoms with Gasteiger partial charge in [0.25, 0.3) is 0 Å². The third kappa shape index (κ3) is 7.36. The number of aromatic nitrogens is 1. The number of nitrogens with one attached hydrogen (secondary N) is 1. The summed E-state index contributed by atoms with van der Waals surface area (Å²) in [6, 6.07) is 11.0. The van der Waals surface area contributed by atoms with Crippen molar-refractivity contribution < 1.29 is 14.6 Å². The van der Waals surface area contributed by atoms with Gasteiger partial charge >= 0.3 is 0 Å². The van der Waals surface area contributed by atoms with E-state index in [0.717, 1.165) is 38.4 Å².